The van der Waals surface area contributed by atoms with Crippen LogP contribution in [0.15, 0.2) is 18.2 Å². The fourth-order valence-corrected chi connectivity index (χ4v) is 2.93. The highest BCUT2D eigenvalue weighted by atomic mass is 35.5. The van der Waals surface area contributed by atoms with Crippen LogP contribution < -0.4 is 0 Å². The van der Waals surface area contributed by atoms with Crippen LogP contribution in [0.1, 0.15) is 31.4 Å². The van der Waals surface area contributed by atoms with Crippen molar-refractivity contribution in [2.24, 2.45) is 5.92 Å². The van der Waals surface area contributed by atoms with E-state index < -0.39 is 17.9 Å². The Morgan fingerprint density at radius 3 is 2.65 bits per heavy atom. The minimum atomic E-state index is -0.965. The summed E-state index contributed by atoms with van der Waals surface area (Å²) in [7, 11) is 0. The summed E-state index contributed by atoms with van der Waals surface area (Å²) in [5, 5.41) is 10.1. The van der Waals surface area contributed by atoms with E-state index in [2.05, 4.69) is 0 Å². The zero-order chi connectivity index (χ0) is 14.9. The number of halogens is 2. The Labute approximate surface area is 127 Å². The largest absolute Gasteiger partial charge is 0.481 e. The van der Waals surface area contributed by atoms with E-state index in [1.54, 1.807) is 23.1 Å². The van der Waals surface area contributed by atoms with E-state index in [1.807, 2.05) is 6.92 Å². The van der Waals surface area contributed by atoms with Crippen LogP contribution in [0, 0.1) is 5.92 Å². The van der Waals surface area contributed by atoms with Crippen LogP contribution in [-0.4, -0.2) is 28.4 Å². The fraction of sp³-hybridized carbons (Fsp3) is 0.429. The van der Waals surface area contributed by atoms with Gasteiger partial charge in [0.2, 0.25) is 5.91 Å². The molecule has 0 aliphatic carbocycles. The first-order valence-corrected chi connectivity index (χ1v) is 7.18. The monoisotopic (exact) mass is 315 g/mol. The summed E-state index contributed by atoms with van der Waals surface area (Å²) in [5.41, 5.74) is 0.714. The second-order valence-corrected chi connectivity index (χ2v) is 5.67. The minimum absolute atomic E-state index is 0.0280. The number of benzene rings is 1. The maximum Gasteiger partial charge on any atom is 0.309 e. The third-order valence-electron chi connectivity index (χ3n) is 3.50. The summed E-state index contributed by atoms with van der Waals surface area (Å²) >= 11 is 11.9. The average molecular weight is 316 g/mol. The quantitative estimate of drug-likeness (QED) is 0.926. The van der Waals surface area contributed by atoms with Crippen molar-refractivity contribution in [1.29, 1.82) is 0 Å². The zero-order valence-electron chi connectivity index (χ0n) is 11.0. The van der Waals surface area contributed by atoms with Gasteiger partial charge in [-0.15, -0.1) is 0 Å². The van der Waals surface area contributed by atoms with Crippen LogP contribution in [0.2, 0.25) is 10.0 Å². The maximum absolute atomic E-state index is 12.0. The molecule has 1 aromatic carbocycles. The predicted molar refractivity (Wildman–Crippen MR) is 76.9 cm³/mol. The van der Waals surface area contributed by atoms with Crippen LogP contribution >= 0.6 is 23.2 Å². The van der Waals surface area contributed by atoms with E-state index in [1.165, 1.54) is 0 Å². The summed E-state index contributed by atoms with van der Waals surface area (Å²) in [5.74, 6) is -1.84. The first kappa shape index (κ1) is 15.1. The molecular formula is C14H15Cl2NO3. The molecule has 0 spiro atoms. The number of amides is 1. The molecule has 1 aromatic rings. The average Bonchev–Trinajstić information content (AvgIpc) is 2.71. The van der Waals surface area contributed by atoms with Gasteiger partial charge in [0.05, 0.1) is 22.0 Å². The topological polar surface area (TPSA) is 57.6 Å². The third kappa shape index (κ3) is 2.76. The third-order valence-corrected chi connectivity index (χ3v) is 4.24. The maximum atomic E-state index is 12.0. The van der Waals surface area contributed by atoms with Gasteiger partial charge in [0.25, 0.3) is 0 Å². The Morgan fingerprint density at radius 1 is 1.40 bits per heavy atom. The van der Waals surface area contributed by atoms with E-state index in [4.69, 9.17) is 23.2 Å². The first-order valence-electron chi connectivity index (χ1n) is 6.43. The number of nitrogens with zero attached hydrogens (tertiary/aromatic N) is 1. The molecule has 1 fully saturated rings. The summed E-state index contributed by atoms with van der Waals surface area (Å²) in [6.45, 7) is 2.49. The van der Waals surface area contributed by atoms with Crippen molar-refractivity contribution in [2.75, 3.05) is 6.54 Å². The summed E-state index contributed by atoms with van der Waals surface area (Å²) in [6.07, 6.45) is 0.802. The molecule has 4 nitrogen and oxygen atoms in total. The molecule has 2 rings (SSSR count). The lowest BCUT2D eigenvalue weighted by Gasteiger charge is -2.27. The van der Waals surface area contributed by atoms with Crippen molar-refractivity contribution in [3.05, 3.63) is 33.8 Å². The van der Waals surface area contributed by atoms with Gasteiger partial charge in [-0.25, -0.2) is 0 Å². The number of carbonyl (C=O) groups is 2. The normalized spacial score (nSPS) is 22.4. The second-order valence-electron chi connectivity index (χ2n) is 4.85. The molecule has 1 heterocycles. The Balaban J connectivity index is 2.43. The molecule has 1 aliphatic heterocycles. The number of carbonyl (C=O) groups excluding carboxylic acids is 1. The Bertz CT molecular complexity index is 547. The van der Waals surface area contributed by atoms with E-state index in [0.29, 0.717) is 22.2 Å². The van der Waals surface area contributed by atoms with Crippen molar-refractivity contribution in [3.63, 3.8) is 0 Å². The van der Waals surface area contributed by atoms with Gasteiger partial charge in [-0.3, -0.25) is 9.59 Å². The molecule has 2 atom stereocenters. The summed E-state index contributed by atoms with van der Waals surface area (Å²) in [6, 6.07) is 4.53. The van der Waals surface area contributed by atoms with E-state index in [-0.39, 0.29) is 12.3 Å². The number of hydrogen-bond acceptors (Lipinski definition) is 2. The van der Waals surface area contributed by atoms with Crippen molar-refractivity contribution < 1.29 is 14.7 Å². The Morgan fingerprint density at radius 2 is 2.10 bits per heavy atom. The molecule has 1 saturated heterocycles. The van der Waals surface area contributed by atoms with Gasteiger partial charge < -0.3 is 10.0 Å². The number of rotatable bonds is 4. The SMILES string of the molecule is CCCN1C(=O)CC(C(=O)O)C1c1ccc(Cl)c(Cl)c1. The van der Waals surface area contributed by atoms with Gasteiger partial charge in [-0.2, -0.15) is 0 Å². The lowest BCUT2D eigenvalue weighted by molar-refractivity contribution is -0.142. The highest BCUT2D eigenvalue weighted by molar-refractivity contribution is 6.42. The van der Waals surface area contributed by atoms with Crippen molar-refractivity contribution >= 4 is 35.1 Å². The van der Waals surface area contributed by atoms with Crippen molar-refractivity contribution in [1.82, 2.24) is 4.90 Å². The lowest BCUT2D eigenvalue weighted by Crippen LogP contribution is -2.31. The first-order chi connectivity index (χ1) is 9.45. The number of likely N-dealkylation sites (tertiary alicyclic amines) is 1. The summed E-state index contributed by atoms with van der Waals surface area (Å²) < 4.78 is 0. The molecule has 1 aliphatic rings. The number of carboxylic acids is 1. The fourth-order valence-electron chi connectivity index (χ4n) is 2.63. The molecule has 1 N–H and O–H groups in total. The molecule has 0 aromatic heterocycles. The van der Waals surface area contributed by atoms with Crippen LogP contribution in [-0.2, 0) is 9.59 Å². The molecule has 108 valence electrons. The minimum Gasteiger partial charge on any atom is -0.481 e. The van der Waals surface area contributed by atoms with Gasteiger partial charge in [-0.05, 0) is 24.1 Å². The van der Waals surface area contributed by atoms with Crippen molar-refractivity contribution in [3.8, 4) is 0 Å². The molecule has 0 bridgehead atoms. The molecule has 6 heteroatoms. The molecule has 2 unspecified atom stereocenters. The lowest BCUT2D eigenvalue weighted by atomic mass is 9.93. The highest BCUT2D eigenvalue weighted by Gasteiger charge is 2.44. The van der Waals surface area contributed by atoms with E-state index >= 15 is 0 Å². The van der Waals surface area contributed by atoms with Crippen LogP contribution in [0.5, 0.6) is 0 Å². The Kier molecular flexibility index (Phi) is 4.55. The van der Waals surface area contributed by atoms with Crippen LogP contribution in [0.4, 0.5) is 0 Å². The number of carboxylic acid groups (broad SMARTS) is 1. The standard InChI is InChI=1S/C14H15Cl2NO3/c1-2-5-17-12(18)7-9(14(19)20)13(17)8-3-4-10(15)11(16)6-8/h3-4,6,9,13H,2,5,7H2,1H3,(H,19,20). The Hall–Kier alpha value is -1.26. The van der Waals surface area contributed by atoms with Gasteiger partial charge in [0.1, 0.15) is 0 Å². The number of hydrogen-bond donors (Lipinski definition) is 1. The zero-order valence-corrected chi connectivity index (χ0v) is 12.5. The van der Waals surface area contributed by atoms with Crippen molar-refractivity contribution in [2.45, 2.75) is 25.8 Å². The van der Waals surface area contributed by atoms with Crippen LogP contribution in [0.25, 0.3) is 0 Å². The van der Waals surface area contributed by atoms with Gasteiger partial charge in [0, 0.05) is 13.0 Å². The van der Waals surface area contributed by atoms with Gasteiger partial charge in [0.15, 0.2) is 0 Å². The molecule has 1 amide bonds. The highest BCUT2D eigenvalue weighted by Crippen LogP contribution is 2.40. The van der Waals surface area contributed by atoms with Crippen LogP contribution in [0.3, 0.4) is 0 Å². The molecule has 0 radical (unpaired) electrons. The number of aliphatic carboxylic acids is 1. The molecular weight excluding hydrogens is 301 g/mol. The van der Waals surface area contributed by atoms with Gasteiger partial charge >= 0.3 is 5.97 Å². The molecule has 0 saturated carbocycles. The summed E-state index contributed by atoms with van der Waals surface area (Å²) in [4.78, 5) is 25.0. The van der Waals surface area contributed by atoms with Gasteiger partial charge in [-0.1, -0.05) is 36.2 Å². The second kappa shape index (κ2) is 6.02. The predicted octanol–water partition coefficient (Wildman–Crippen LogP) is 3.38. The van der Waals surface area contributed by atoms with E-state index in [0.717, 1.165) is 6.42 Å². The smallest absolute Gasteiger partial charge is 0.309 e. The molecule has 20 heavy (non-hydrogen) atoms. The van der Waals surface area contributed by atoms with E-state index in [9.17, 15) is 14.7 Å².